The third-order valence-electron chi connectivity index (χ3n) is 2.95. The van der Waals surface area contributed by atoms with Crippen LogP contribution in [0.1, 0.15) is 0 Å². The van der Waals surface area contributed by atoms with Gasteiger partial charge in [-0.15, -0.1) is 0 Å². The predicted octanol–water partition coefficient (Wildman–Crippen LogP) is 2.87. The van der Waals surface area contributed by atoms with Crippen LogP contribution in [0.4, 0.5) is 10.5 Å². The fourth-order valence-electron chi connectivity index (χ4n) is 1.98. The summed E-state index contributed by atoms with van der Waals surface area (Å²) in [5.74, 6) is 0. The Bertz CT molecular complexity index is 483. The summed E-state index contributed by atoms with van der Waals surface area (Å²) in [6.07, 6.45) is -0.0970. The van der Waals surface area contributed by atoms with Crippen molar-refractivity contribution >= 4 is 34.9 Å². The van der Waals surface area contributed by atoms with Gasteiger partial charge in [0, 0.05) is 18.7 Å². The van der Waals surface area contributed by atoms with Crippen LogP contribution in [-0.2, 0) is 9.47 Å². The normalized spacial score (nSPS) is 18.9. The van der Waals surface area contributed by atoms with Crippen LogP contribution in [0.5, 0.6) is 0 Å². The van der Waals surface area contributed by atoms with Crippen LogP contribution in [0, 0.1) is 0 Å². The number of carbonyl (C=O) groups excluding carboxylic acids is 1. The minimum Gasteiger partial charge on any atom is -0.382 e. The van der Waals surface area contributed by atoms with Crippen molar-refractivity contribution in [2.45, 2.75) is 6.10 Å². The smallest absolute Gasteiger partial charge is 0.322 e. The zero-order valence-electron chi connectivity index (χ0n) is 11.1. The van der Waals surface area contributed by atoms with Gasteiger partial charge in [0.25, 0.3) is 0 Å². The molecule has 1 heterocycles. The number of nitrogens with one attached hydrogen (secondary N) is 1. The molecule has 1 fully saturated rings. The van der Waals surface area contributed by atoms with Crippen LogP contribution >= 0.6 is 23.2 Å². The average molecular weight is 319 g/mol. The fraction of sp³-hybridized carbons (Fsp3) is 0.462. The monoisotopic (exact) mass is 318 g/mol. The number of nitrogens with zero attached hydrogens (tertiary/aromatic N) is 1. The minimum atomic E-state index is -0.210. The highest BCUT2D eigenvalue weighted by atomic mass is 35.5. The average Bonchev–Trinajstić information content (AvgIpc) is 2.42. The van der Waals surface area contributed by atoms with Crippen LogP contribution in [0.15, 0.2) is 18.2 Å². The van der Waals surface area contributed by atoms with Crippen LogP contribution in [-0.4, -0.2) is 50.4 Å². The van der Waals surface area contributed by atoms with E-state index >= 15 is 0 Å². The van der Waals surface area contributed by atoms with Gasteiger partial charge in [-0.05, 0) is 18.2 Å². The van der Waals surface area contributed by atoms with E-state index in [0.29, 0.717) is 42.0 Å². The first-order chi connectivity index (χ1) is 9.60. The van der Waals surface area contributed by atoms with E-state index < -0.39 is 0 Å². The van der Waals surface area contributed by atoms with Crippen LogP contribution in [0.25, 0.3) is 0 Å². The maximum atomic E-state index is 12.2. The van der Waals surface area contributed by atoms with Gasteiger partial charge >= 0.3 is 6.03 Å². The number of rotatable bonds is 3. The standard InChI is InChI=1S/C13H16Cl2N2O3/c1-19-8-10-7-17(4-5-20-10)13(18)16-12-3-2-9(14)6-11(12)15/h2-3,6,10H,4-5,7-8H2,1H3,(H,16,18)/t10-/m0/s1. The zero-order chi connectivity index (χ0) is 14.5. The number of anilines is 1. The van der Waals surface area contributed by atoms with Crippen LogP contribution < -0.4 is 5.32 Å². The molecule has 0 unspecified atom stereocenters. The zero-order valence-corrected chi connectivity index (χ0v) is 12.6. The number of ether oxygens (including phenoxy) is 2. The SMILES string of the molecule is COC[C@@H]1CN(C(=O)Nc2ccc(Cl)cc2Cl)CCO1. The molecule has 0 bridgehead atoms. The predicted molar refractivity (Wildman–Crippen MR) is 78.7 cm³/mol. The summed E-state index contributed by atoms with van der Waals surface area (Å²) in [4.78, 5) is 13.9. The lowest BCUT2D eigenvalue weighted by atomic mass is 10.3. The Morgan fingerprint density at radius 2 is 2.35 bits per heavy atom. The van der Waals surface area contributed by atoms with Gasteiger partial charge < -0.3 is 19.7 Å². The Kier molecular flexibility index (Phi) is 5.48. The first-order valence-corrected chi connectivity index (χ1v) is 6.97. The maximum Gasteiger partial charge on any atom is 0.322 e. The molecule has 20 heavy (non-hydrogen) atoms. The van der Waals surface area contributed by atoms with Crippen molar-refractivity contribution in [3.8, 4) is 0 Å². The molecule has 0 radical (unpaired) electrons. The van der Waals surface area contributed by atoms with E-state index in [1.54, 1.807) is 30.2 Å². The number of carbonyl (C=O) groups is 1. The Labute approximate surface area is 127 Å². The van der Waals surface area contributed by atoms with Gasteiger partial charge in [-0.1, -0.05) is 23.2 Å². The molecule has 110 valence electrons. The van der Waals surface area contributed by atoms with E-state index in [4.69, 9.17) is 32.7 Å². The number of hydrogen-bond donors (Lipinski definition) is 1. The highest BCUT2D eigenvalue weighted by molar-refractivity contribution is 6.36. The number of halogens is 2. The molecule has 1 aromatic carbocycles. The number of methoxy groups -OCH3 is 1. The molecule has 1 aromatic rings. The molecular weight excluding hydrogens is 303 g/mol. The molecule has 0 aliphatic carbocycles. The molecule has 7 heteroatoms. The summed E-state index contributed by atoms with van der Waals surface area (Å²) >= 11 is 11.8. The Hall–Kier alpha value is -1.01. The van der Waals surface area contributed by atoms with Gasteiger partial charge in [0.2, 0.25) is 0 Å². The molecule has 1 atom stereocenters. The van der Waals surface area contributed by atoms with Crippen molar-refractivity contribution in [2.24, 2.45) is 0 Å². The lowest BCUT2D eigenvalue weighted by Gasteiger charge is -2.32. The van der Waals surface area contributed by atoms with E-state index in [0.717, 1.165) is 0 Å². The third kappa shape index (κ3) is 3.99. The number of benzene rings is 1. The van der Waals surface area contributed by atoms with E-state index in [9.17, 15) is 4.79 Å². The molecule has 1 aliphatic heterocycles. The molecular formula is C13H16Cl2N2O3. The molecule has 0 aromatic heterocycles. The second kappa shape index (κ2) is 7.13. The Morgan fingerprint density at radius 1 is 1.55 bits per heavy atom. The van der Waals surface area contributed by atoms with E-state index in [1.165, 1.54) is 0 Å². The molecule has 1 saturated heterocycles. The number of urea groups is 1. The lowest BCUT2D eigenvalue weighted by Crippen LogP contribution is -2.48. The fourth-order valence-corrected chi connectivity index (χ4v) is 2.43. The van der Waals surface area contributed by atoms with Gasteiger partial charge in [-0.25, -0.2) is 4.79 Å². The second-order valence-electron chi connectivity index (χ2n) is 4.45. The molecule has 1 N–H and O–H groups in total. The second-order valence-corrected chi connectivity index (χ2v) is 5.29. The molecule has 2 rings (SSSR count). The van der Waals surface area contributed by atoms with Crippen LogP contribution in [0.3, 0.4) is 0 Å². The highest BCUT2D eigenvalue weighted by Gasteiger charge is 2.24. The summed E-state index contributed by atoms with van der Waals surface area (Å²) in [6, 6.07) is 4.73. The van der Waals surface area contributed by atoms with Gasteiger partial charge in [-0.2, -0.15) is 0 Å². The quantitative estimate of drug-likeness (QED) is 0.932. The summed E-state index contributed by atoms with van der Waals surface area (Å²) in [7, 11) is 1.61. The summed E-state index contributed by atoms with van der Waals surface area (Å²) < 4.78 is 10.5. The van der Waals surface area contributed by atoms with Crippen molar-refractivity contribution < 1.29 is 14.3 Å². The summed E-state index contributed by atoms with van der Waals surface area (Å²) in [6.45, 7) is 1.99. The van der Waals surface area contributed by atoms with Crippen molar-refractivity contribution in [2.75, 3.05) is 38.7 Å². The Morgan fingerprint density at radius 3 is 3.05 bits per heavy atom. The van der Waals surface area contributed by atoms with Crippen molar-refractivity contribution in [3.05, 3.63) is 28.2 Å². The highest BCUT2D eigenvalue weighted by Crippen LogP contribution is 2.25. The van der Waals surface area contributed by atoms with Crippen molar-refractivity contribution in [1.82, 2.24) is 4.90 Å². The first-order valence-electron chi connectivity index (χ1n) is 6.21. The molecule has 0 saturated carbocycles. The van der Waals surface area contributed by atoms with E-state index in [2.05, 4.69) is 5.32 Å². The van der Waals surface area contributed by atoms with Gasteiger partial charge in [0.15, 0.2) is 0 Å². The number of amides is 2. The van der Waals surface area contributed by atoms with Gasteiger partial charge in [0.05, 0.1) is 36.6 Å². The first kappa shape index (κ1) is 15.4. The maximum absolute atomic E-state index is 12.2. The van der Waals surface area contributed by atoms with E-state index in [-0.39, 0.29) is 12.1 Å². The Balaban J connectivity index is 1.97. The molecule has 1 aliphatic rings. The summed E-state index contributed by atoms with van der Waals surface area (Å²) in [5, 5.41) is 3.71. The number of morpholine rings is 1. The number of hydrogen-bond acceptors (Lipinski definition) is 3. The topological polar surface area (TPSA) is 50.8 Å². The van der Waals surface area contributed by atoms with Gasteiger partial charge in [-0.3, -0.25) is 0 Å². The lowest BCUT2D eigenvalue weighted by molar-refractivity contribution is -0.0481. The van der Waals surface area contributed by atoms with Crippen molar-refractivity contribution in [1.29, 1.82) is 0 Å². The molecule has 2 amide bonds. The van der Waals surface area contributed by atoms with Crippen LogP contribution in [0.2, 0.25) is 10.0 Å². The largest absolute Gasteiger partial charge is 0.382 e. The summed E-state index contributed by atoms with van der Waals surface area (Å²) in [5.41, 5.74) is 0.538. The van der Waals surface area contributed by atoms with E-state index in [1.807, 2.05) is 0 Å². The van der Waals surface area contributed by atoms with Gasteiger partial charge in [0.1, 0.15) is 0 Å². The third-order valence-corrected chi connectivity index (χ3v) is 3.50. The molecule has 5 nitrogen and oxygen atoms in total. The minimum absolute atomic E-state index is 0.0970. The van der Waals surface area contributed by atoms with Crippen molar-refractivity contribution in [3.63, 3.8) is 0 Å². The molecule has 0 spiro atoms.